The smallest absolute Gasteiger partial charge is 0.113 e. The summed E-state index contributed by atoms with van der Waals surface area (Å²) in [4.78, 5) is 2.52. The number of nitrogens with zero attached hydrogens (tertiary/aromatic N) is 1. The zero-order chi connectivity index (χ0) is 18.4. The van der Waals surface area contributed by atoms with Gasteiger partial charge in [0.1, 0.15) is 6.29 Å². The van der Waals surface area contributed by atoms with Gasteiger partial charge in [-0.2, -0.15) is 0 Å². The molecule has 0 aromatic carbocycles. The maximum Gasteiger partial charge on any atom is 0.113 e. The van der Waals surface area contributed by atoms with Crippen LogP contribution >= 0.6 is 0 Å². The molecule has 0 amide bonds. The maximum absolute atomic E-state index is 6.38. The van der Waals surface area contributed by atoms with Gasteiger partial charge >= 0.3 is 0 Å². The van der Waals surface area contributed by atoms with E-state index in [1.54, 1.807) is 0 Å². The minimum absolute atomic E-state index is 0.166. The van der Waals surface area contributed by atoms with Crippen molar-refractivity contribution in [3.63, 3.8) is 0 Å². The van der Waals surface area contributed by atoms with Gasteiger partial charge in [-0.3, -0.25) is 16.0 Å². The van der Waals surface area contributed by atoms with Crippen LogP contribution in [0.3, 0.4) is 0 Å². The number of ether oxygens (including phenoxy) is 2. The average Bonchev–Trinajstić information content (AvgIpc) is 3.15. The van der Waals surface area contributed by atoms with Gasteiger partial charge in [-0.25, -0.2) is 0 Å². The molecule has 2 aliphatic heterocycles. The topological polar surface area (TPSA) is 69.8 Å². The molecule has 3 aliphatic rings. The van der Waals surface area contributed by atoms with Gasteiger partial charge in [-0.1, -0.05) is 6.92 Å². The Balaban J connectivity index is 1.45. The lowest BCUT2D eigenvalue weighted by molar-refractivity contribution is -0.0913. The van der Waals surface area contributed by atoms with Gasteiger partial charge in [0.05, 0.1) is 25.0 Å². The summed E-state index contributed by atoms with van der Waals surface area (Å²) in [6.07, 6.45) is 6.56. The highest BCUT2D eigenvalue weighted by Crippen LogP contribution is 2.26. The number of nitrogens with one attached hydrogen (secondary N) is 4. The largest absolute Gasteiger partial charge is 0.379 e. The van der Waals surface area contributed by atoms with Gasteiger partial charge in [-0.05, 0) is 58.2 Å². The van der Waals surface area contributed by atoms with Crippen molar-refractivity contribution in [1.82, 2.24) is 26.2 Å². The monoisotopic (exact) mass is 369 g/mol. The van der Waals surface area contributed by atoms with E-state index in [2.05, 4.69) is 33.1 Å². The number of likely N-dealkylation sites (tertiary alicyclic amines) is 1. The molecule has 0 spiro atoms. The molecule has 0 bridgehead atoms. The molecule has 5 unspecified atom stereocenters. The quantitative estimate of drug-likeness (QED) is 0.490. The molecule has 152 valence electrons. The van der Waals surface area contributed by atoms with E-state index in [0.717, 1.165) is 45.4 Å². The SMILES string of the molecule is CCN1CC[C@@H](COC2CC(NC3NCCC(NC)N3)CCC2OC)C1. The second-order valence-electron chi connectivity index (χ2n) is 8.05. The highest BCUT2D eigenvalue weighted by molar-refractivity contribution is 4.88. The van der Waals surface area contributed by atoms with Crippen LogP contribution in [0, 0.1) is 5.92 Å². The molecule has 2 saturated heterocycles. The first-order chi connectivity index (χ1) is 12.7. The van der Waals surface area contributed by atoms with E-state index >= 15 is 0 Å². The summed E-state index contributed by atoms with van der Waals surface area (Å²) in [5, 5.41) is 14.1. The summed E-state index contributed by atoms with van der Waals surface area (Å²) in [6, 6.07) is 0.461. The fourth-order valence-electron chi connectivity index (χ4n) is 4.58. The summed E-state index contributed by atoms with van der Waals surface area (Å²) >= 11 is 0. The Morgan fingerprint density at radius 2 is 2.04 bits per heavy atom. The van der Waals surface area contributed by atoms with Crippen LogP contribution in [0.25, 0.3) is 0 Å². The van der Waals surface area contributed by atoms with Crippen LogP contribution in [-0.2, 0) is 9.47 Å². The number of methoxy groups -OCH3 is 1. The van der Waals surface area contributed by atoms with Crippen LogP contribution in [0.4, 0.5) is 0 Å². The van der Waals surface area contributed by atoms with Crippen LogP contribution in [0.15, 0.2) is 0 Å². The maximum atomic E-state index is 6.38. The third-order valence-electron chi connectivity index (χ3n) is 6.30. The van der Waals surface area contributed by atoms with E-state index in [9.17, 15) is 0 Å². The predicted molar refractivity (Wildman–Crippen MR) is 104 cm³/mol. The Morgan fingerprint density at radius 3 is 2.77 bits per heavy atom. The second-order valence-corrected chi connectivity index (χ2v) is 8.05. The van der Waals surface area contributed by atoms with Gasteiger partial charge in [0, 0.05) is 26.2 Å². The zero-order valence-corrected chi connectivity index (χ0v) is 16.8. The van der Waals surface area contributed by atoms with Gasteiger partial charge in [-0.15, -0.1) is 0 Å². The Hall–Kier alpha value is -0.280. The first-order valence-electron chi connectivity index (χ1n) is 10.5. The first-order valence-corrected chi connectivity index (χ1v) is 10.5. The van der Waals surface area contributed by atoms with Crippen LogP contribution in [0.1, 0.15) is 39.0 Å². The Kier molecular flexibility index (Phi) is 8.11. The number of hydrogen-bond donors (Lipinski definition) is 4. The van der Waals surface area contributed by atoms with Gasteiger partial charge in [0.15, 0.2) is 0 Å². The number of hydrogen-bond acceptors (Lipinski definition) is 7. The molecule has 4 N–H and O–H groups in total. The van der Waals surface area contributed by atoms with E-state index in [0.29, 0.717) is 18.1 Å². The molecule has 0 radical (unpaired) electrons. The molecular weight excluding hydrogens is 330 g/mol. The molecule has 3 fully saturated rings. The van der Waals surface area contributed by atoms with E-state index in [4.69, 9.17) is 9.47 Å². The standard InChI is InChI=1S/C19H39N5O2/c1-4-24-10-8-14(12-24)13-26-17-11-15(5-6-16(17)25-3)22-19-21-9-7-18(20-2)23-19/h14-23H,4-13H2,1-3H3/t14-,15?,16?,17?,18?,19?/m1/s1. The normalized spacial score (nSPS) is 39.3. The number of rotatable bonds is 8. The molecule has 0 aromatic heterocycles. The zero-order valence-electron chi connectivity index (χ0n) is 16.8. The van der Waals surface area contributed by atoms with E-state index in [1.807, 2.05) is 14.2 Å². The van der Waals surface area contributed by atoms with Crippen molar-refractivity contribution >= 4 is 0 Å². The van der Waals surface area contributed by atoms with Crippen molar-refractivity contribution in [2.75, 3.05) is 46.9 Å². The van der Waals surface area contributed by atoms with Crippen LogP contribution in [0.5, 0.6) is 0 Å². The van der Waals surface area contributed by atoms with Crippen molar-refractivity contribution in [1.29, 1.82) is 0 Å². The molecule has 26 heavy (non-hydrogen) atoms. The van der Waals surface area contributed by atoms with Crippen molar-refractivity contribution in [2.24, 2.45) is 5.92 Å². The summed E-state index contributed by atoms with van der Waals surface area (Å²) in [5.41, 5.74) is 0. The minimum Gasteiger partial charge on any atom is -0.379 e. The fourth-order valence-corrected chi connectivity index (χ4v) is 4.58. The molecular formula is C19H39N5O2. The lowest BCUT2D eigenvalue weighted by Crippen LogP contribution is -2.66. The van der Waals surface area contributed by atoms with Crippen LogP contribution in [0.2, 0.25) is 0 Å². The van der Waals surface area contributed by atoms with E-state index < -0.39 is 0 Å². The summed E-state index contributed by atoms with van der Waals surface area (Å²) in [5.74, 6) is 0.679. The van der Waals surface area contributed by atoms with Crippen molar-refractivity contribution in [2.45, 2.75) is 69.7 Å². The average molecular weight is 370 g/mol. The highest BCUT2D eigenvalue weighted by Gasteiger charge is 2.34. The van der Waals surface area contributed by atoms with E-state index in [-0.39, 0.29) is 18.5 Å². The van der Waals surface area contributed by atoms with Crippen LogP contribution in [-0.4, -0.2) is 82.5 Å². The Labute approximate surface area is 158 Å². The van der Waals surface area contributed by atoms with Crippen molar-refractivity contribution in [3.05, 3.63) is 0 Å². The Morgan fingerprint density at radius 1 is 1.15 bits per heavy atom. The molecule has 7 nitrogen and oxygen atoms in total. The molecule has 6 atom stereocenters. The second kappa shape index (κ2) is 10.3. The van der Waals surface area contributed by atoms with Gasteiger partial charge in [0.2, 0.25) is 0 Å². The van der Waals surface area contributed by atoms with Crippen molar-refractivity contribution < 1.29 is 9.47 Å². The molecule has 0 aromatic rings. The summed E-state index contributed by atoms with van der Waals surface area (Å²) < 4.78 is 12.1. The molecule has 3 rings (SSSR count). The van der Waals surface area contributed by atoms with Gasteiger partial charge in [0.25, 0.3) is 0 Å². The molecule has 7 heteroatoms. The highest BCUT2D eigenvalue weighted by atomic mass is 16.5. The fraction of sp³-hybridized carbons (Fsp3) is 1.00. The lowest BCUT2D eigenvalue weighted by atomic mass is 9.90. The predicted octanol–water partition coefficient (Wildman–Crippen LogP) is 0.283. The van der Waals surface area contributed by atoms with E-state index in [1.165, 1.54) is 19.5 Å². The molecule has 2 heterocycles. The first kappa shape index (κ1) is 20.5. The summed E-state index contributed by atoms with van der Waals surface area (Å²) in [6.45, 7) is 7.70. The van der Waals surface area contributed by atoms with Gasteiger partial charge < -0.3 is 19.7 Å². The molecule has 1 aliphatic carbocycles. The minimum atomic E-state index is 0.166. The van der Waals surface area contributed by atoms with Crippen molar-refractivity contribution in [3.8, 4) is 0 Å². The Bertz CT molecular complexity index is 413. The third-order valence-corrected chi connectivity index (χ3v) is 6.30. The molecule has 1 saturated carbocycles. The lowest BCUT2D eigenvalue weighted by Gasteiger charge is -2.40. The third kappa shape index (κ3) is 5.61. The summed E-state index contributed by atoms with van der Waals surface area (Å²) in [7, 11) is 3.83. The van der Waals surface area contributed by atoms with Crippen LogP contribution < -0.4 is 21.3 Å².